The zero-order valence-electron chi connectivity index (χ0n) is 13.6. The van der Waals surface area contributed by atoms with Gasteiger partial charge in [0, 0.05) is 11.1 Å². The fraction of sp³-hybridized carbons (Fsp3) is 0.0476. The molecule has 3 nitrogen and oxygen atoms in total. The molecule has 0 radical (unpaired) electrons. The first-order chi connectivity index (χ1) is 12.3. The van der Waals surface area contributed by atoms with E-state index in [1.807, 2.05) is 42.5 Å². The van der Waals surface area contributed by atoms with E-state index in [2.05, 4.69) is 40.6 Å². The fourth-order valence-electron chi connectivity index (χ4n) is 2.80. The summed E-state index contributed by atoms with van der Waals surface area (Å²) in [5, 5.41) is 3.32. The summed E-state index contributed by atoms with van der Waals surface area (Å²) >= 11 is 1.71. The third kappa shape index (κ3) is 3.35. The topological polar surface area (TPSA) is 42.4 Å². The highest BCUT2D eigenvalue weighted by molar-refractivity contribution is 8.06. The van der Waals surface area contributed by atoms with Crippen molar-refractivity contribution >= 4 is 29.2 Å². The van der Waals surface area contributed by atoms with Crippen LogP contribution >= 0.6 is 11.8 Å². The largest absolute Gasteiger partial charge is 0.467 e. The number of benzene rings is 2. The lowest BCUT2D eigenvalue weighted by Crippen LogP contribution is -2.16. The Morgan fingerprint density at radius 2 is 1.76 bits per heavy atom. The van der Waals surface area contributed by atoms with Crippen LogP contribution in [0.2, 0.25) is 0 Å². The van der Waals surface area contributed by atoms with Gasteiger partial charge in [-0.2, -0.15) is 0 Å². The minimum atomic E-state index is 0.680. The molecule has 0 aliphatic carbocycles. The molecule has 1 aliphatic rings. The number of rotatable bonds is 4. The van der Waals surface area contributed by atoms with Crippen molar-refractivity contribution in [2.45, 2.75) is 6.54 Å². The molecule has 0 atom stereocenters. The quantitative estimate of drug-likeness (QED) is 0.642. The molecule has 0 spiro atoms. The summed E-state index contributed by atoms with van der Waals surface area (Å²) in [5.74, 6) is 0.927. The molecule has 2 aromatic carbocycles. The number of para-hydroxylation sites is 1. The molecule has 4 heteroatoms. The molecule has 0 bridgehead atoms. The van der Waals surface area contributed by atoms with E-state index in [0.717, 1.165) is 22.0 Å². The smallest absolute Gasteiger partial charge is 0.123 e. The second-order valence-electron chi connectivity index (χ2n) is 5.76. The van der Waals surface area contributed by atoms with Gasteiger partial charge in [-0.25, -0.2) is 0 Å². The lowest BCUT2D eigenvalue weighted by Gasteiger charge is -2.23. The van der Waals surface area contributed by atoms with E-state index < -0.39 is 0 Å². The molecule has 0 unspecified atom stereocenters. The normalized spacial score (nSPS) is 15.6. The number of nitrogens with two attached hydrogens (primary N) is 1. The summed E-state index contributed by atoms with van der Waals surface area (Å²) in [7, 11) is 0. The Labute approximate surface area is 151 Å². The lowest BCUT2D eigenvalue weighted by atomic mass is 10.1. The molecule has 25 heavy (non-hydrogen) atoms. The minimum absolute atomic E-state index is 0.680. The summed E-state index contributed by atoms with van der Waals surface area (Å²) in [6.45, 7) is 0.680. The Morgan fingerprint density at radius 3 is 2.52 bits per heavy atom. The van der Waals surface area contributed by atoms with Gasteiger partial charge in [-0.1, -0.05) is 60.3 Å². The van der Waals surface area contributed by atoms with Crippen LogP contribution in [0.15, 0.2) is 87.8 Å². The first-order valence-corrected chi connectivity index (χ1v) is 8.97. The molecule has 2 N–H and O–H groups in total. The highest BCUT2D eigenvalue weighted by Gasteiger charge is 2.23. The molecule has 0 fully saturated rings. The van der Waals surface area contributed by atoms with E-state index in [1.165, 1.54) is 11.3 Å². The zero-order valence-corrected chi connectivity index (χ0v) is 14.4. The predicted octanol–water partition coefficient (Wildman–Crippen LogP) is 5.41. The Morgan fingerprint density at radius 1 is 0.960 bits per heavy atom. The highest BCUT2D eigenvalue weighted by atomic mass is 32.2. The van der Waals surface area contributed by atoms with Crippen LogP contribution in [0, 0.1) is 0 Å². The Hall–Kier alpha value is -2.85. The van der Waals surface area contributed by atoms with Crippen LogP contribution < -0.4 is 5.73 Å². The Balaban J connectivity index is 1.71. The van der Waals surface area contributed by atoms with Gasteiger partial charge in [0.25, 0.3) is 0 Å². The average molecular weight is 346 g/mol. The van der Waals surface area contributed by atoms with Crippen molar-refractivity contribution in [2.24, 2.45) is 0 Å². The molecule has 3 aromatic rings. The molecule has 1 aliphatic heterocycles. The van der Waals surface area contributed by atoms with Gasteiger partial charge in [-0.15, -0.1) is 0 Å². The first kappa shape index (κ1) is 15.7. The van der Waals surface area contributed by atoms with Gasteiger partial charge in [-0.3, -0.25) is 0 Å². The molecule has 0 saturated carbocycles. The number of nitrogens with zero attached hydrogens (tertiary/aromatic N) is 1. The monoisotopic (exact) mass is 346 g/mol. The molecular weight excluding hydrogens is 328 g/mol. The van der Waals surface area contributed by atoms with E-state index in [0.29, 0.717) is 6.54 Å². The van der Waals surface area contributed by atoms with Crippen LogP contribution in [0.25, 0.3) is 11.8 Å². The lowest BCUT2D eigenvalue weighted by molar-refractivity contribution is 0.421. The van der Waals surface area contributed by atoms with Crippen LogP contribution in [-0.4, -0.2) is 4.90 Å². The van der Waals surface area contributed by atoms with E-state index in [1.54, 1.807) is 18.0 Å². The van der Waals surface area contributed by atoms with Crippen LogP contribution in [0.1, 0.15) is 16.9 Å². The number of hydrogen-bond donors (Lipinski definition) is 1. The van der Waals surface area contributed by atoms with Gasteiger partial charge in [0.15, 0.2) is 0 Å². The van der Waals surface area contributed by atoms with E-state index in [-0.39, 0.29) is 0 Å². The van der Waals surface area contributed by atoms with Crippen LogP contribution in [0.4, 0.5) is 5.69 Å². The second kappa shape index (κ2) is 6.95. The first-order valence-electron chi connectivity index (χ1n) is 8.09. The Kier molecular flexibility index (Phi) is 4.36. The van der Waals surface area contributed by atoms with Crippen LogP contribution in [0.5, 0.6) is 0 Å². The summed E-state index contributed by atoms with van der Waals surface area (Å²) in [6, 6.07) is 22.2. The summed E-state index contributed by atoms with van der Waals surface area (Å²) in [5.41, 5.74) is 10.3. The van der Waals surface area contributed by atoms with Gasteiger partial charge in [0.1, 0.15) is 5.76 Å². The maximum atomic E-state index is 6.12. The summed E-state index contributed by atoms with van der Waals surface area (Å²) in [6.07, 6.45) is 3.85. The van der Waals surface area contributed by atoms with Gasteiger partial charge in [0.2, 0.25) is 0 Å². The van der Waals surface area contributed by atoms with Gasteiger partial charge in [0.05, 0.1) is 23.5 Å². The molecule has 2 heterocycles. The van der Waals surface area contributed by atoms with E-state index >= 15 is 0 Å². The molecule has 1 aromatic heterocycles. The van der Waals surface area contributed by atoms with E-state index in [4.69, 9.17) is 10.2 Å². The van der Waals surface area contributed by atoms with Crippen LogP contribution in [-0.2, 0) is 6.54 Å². The third-order valence-corrected chi connectivity index (χ3v) is 5.01. The summed E-state index contributed by atoms with van der Waals surface area (Å²) < 4.78 is 5.57. The van der Waals surface area contributed by atoms with Crippen molar-refractivity contribution in [3.8, 4) is 0 Å². The van der Waals surface area contributed by atoms with Gasteiger partial charge >= 0.3 is 0 Å². The average Bonchev–Trinajstić information content (AvgIpc) is 3.29. The molecule has 0 amide bonds. The molecule has 0 saturated heterocycles. The van der Waals surface area contributed by atoms with Crippen molar-refractivity contribution in [1.82, 2.24) is 4.90 Å². The number of furan rings is 1. The fourth-order valence-corrected chi connectivity index (χ4v) is 3.78. The van der Waals surface area contributed by atoms with E-state index in [9.17, 15) is 0 Å². The number of thioether (sulfide) groups is 1. The number of nitrogen functional groups attached to an aromatic ring is 1. The van der Waals surface area contributed by atoms with Gasteiger partial charge < -0.3 is 15.1 Å². The maximum absolute atomic E-state index is 6.12. The standard InChI is InChI=1S/C21H18N2OS/c22-19-11-5-4-9-17(19)13-21-23(14-18-10-6-12-24-18)20(15-25-21)16-7-2-1-3-8-16/h1-13,15H,14,22H2/b21-13-. The van der Waals surface area contributed by atoms with Crippen LogP contribution in [0.3, 0.4) is 0 Å². The van der Waals surface area contributed by atoms with Crippen molar-refractivity contribution in [3.63, 3.8) is 0 Å². The third-order valence-electron chi connectivity index (χ3n) is 4.09. The Bertz CT molecular complexity index is 914. The number of hydrogen-bond acceptors (Lipinski definition) is 4. The molecular formula is C21H18N2OS. The van der Waals surface area contributed by atoms with Gasteiger partial charge in [-0.05, 0) is 35.4 Å². The SMILES string of the molecule is Nc1ccccc1/C=C1\SC=C(c2ccccc2)N1Cc1ccco1. The minimum Gasteiger partial charge on any atom is -0.467 e. The second-order valence-corrected chi connectivity index (χ2v) is 6.65. The zero-order chi connectivity index (χ0) is 17.1. The highest BCUT2D eigenvalue weighted by Crippen LogP contribution is 2.42. The number of anilines is 1. The van der Waals surface area contributed by atoms with Crippen molar-refractivity contribution in [2.75, 3.05) is 5.73 Å². The van der Waals surface area contributed by atoms with Crippen molar-refractivity contribution < 1.29 is 4.42 Å². The molecule has 124 valence electrons. The summed E-state index contributed by atoms with van der Waals surface area (Å²) in [4.78, 5) is 2.27. The predicted molar refractivity (Wildman–Crippen MR) is 105 cm³/mol. The van der Waals surface area contributed by atoms with Crippen molar-refractivity contribution in [1.29, 1.82) is 0 Å². The van der Waals surface area contributed by atoms with Crippen molar-refractivity contribution in [3.05, 3.63) is 100 Å². The maximum Gasteiger partial charge on any atom is 0.123 e. The molecule has 4 rings (SSSR count).